The number of H-pyrrole nitrogens is 1. The number of hydrogen-bond donors (Lipinski definition) is 2. The number of ether oxygens (including phenoxy) is 1. The third-order valence-corrected chi connectivity index (χ3v) is 6.64. The zero-order chi connectivity index (χ0) is 24.5. The molecule has 2 amide bonds. The second-order valence-corrected chi connectivity index (χ2v) is 8.74. The first-order valence-electron chi connectivity index (χ1n) is 11.5. The lowest BCUT2D eigenvalue weighted by atomic mass is 9.79. The van der Waals surface area contributed by atoms with Crippen molar-refractivity contribution in [2.45, 2.75) is 18.9 Å². The number of aryl methyl sites for hydroxylation is 1. The van der Waals surface area contributed by atoms with Crippen LogP contribution in [0.4, 0.5) is 10.1 Å². The molecule has 2 heterocycles. The highest BCUT2D eigenvalue weighted by Crippen LogP contribution is 2.45. The summed E-state index contributed by atoms with van der Waals surface area (Å²) in [7, 11) is 1.58. The Hall–Kier alpha value is -3.97. The van der Waals surface area contributed by atoms with E-state index in [2.05, 4.69) is 10.3 Å². The van der Waals surface area contributed by atoms with Crippen LogP contribution >= 0.6 is 0 Å². The average molecular weight is 472 g/mol. The van der Waals surface area contributed by atoms with E-state index < -0.39 is 17.8 Å². The number of fused-ring (bicyclic) bond motifs is 2. The molecule has 0 fully saturated rings. The molecule has 0 unspecified atom stereocenters. The van der Waals surface area contributed by atoms with Gasteiger partial charge in [0.15, 0.2) is 0 Å². The van der Waals surface area contributed by atoms with Crippen molar-refractivity contribution in [3.63, 3.8) is 0 Å². The number of nitrogens with one attached hydrogen (secondary N) is 2. The van der Waals surface area contributed by atoms with Gasteiger partial charge in [-0.25, -0.2) is 4.39 Å². The summed E-state index contributed by atoms with van der Waals surface area (Å²) in [5.41, 5.74) is 3.75. The number of rotatable bonds is 6. The SMILES string of the molecule is COCCN1C(=O)c2ccccc2[C@@H](C(=O)Nc2ccc(C)c(F)c2)[C@@H]1c1c[nH]c2ccccc12. The topological polar surface area (TPSA) is 74.4 Å². The number of hydrogen-bond acceptors (Lipinski definition) is 3. The quantitative estimate of drug-likeness (QED) is 0.407. The number of carbonyl (C=O) groups excluding carboxylic acids is 2. The molecule has 0 spiro atoms. The van der Waals surface area contributed by atoms with Gasteiger partial charge in [-0.15, -0.1) is 0 Å². The predicted molar refractivity (Wildman–Crippen MR) is 133 cm³/mol. The molecule has 7 heteroatoms. The summed E-state index contributed by atoms with van der Waals surface area (Å²) in [6.07, 6.45) is 1.86. The summed E-state index contributed by atoms with van der Waals surface area (Å²) >= 11 is 0. The van der Waals surface area contributed by atoms with E-state index in [0.717, 1.165) is 16.5 Å². The van der Waals surface area contributed by atoms with Crippen LogP contribution in [0.25, 0.3) is 10.9 Å². The summed E-state index contributed by atoms with van der Waals surface area (Å²) in [5.74, 6) is -1.58. The van der Waals surface area contributed by atoms with Crippen molar-refractivity contribution in [3.8, 4) is 0 Å². The highest BCUT2D eigenvalue weighted by atomic mass is 19.1. The van der Waals surface area contributed by atoms with Crippen molar-refractivity contribution in [1.29, 1.82) is 0 Å². The molecule has 35 heavy (non-hydrogen) atoms. The zero-order valence-corrected chi connectivity index (χ0v) is 19.5. The van der Waals surface area contributed by atoms with Crippen LogP contribution in [0.2, 0.25) is 0 Å². The molecule has 1 aliphatic heterocycles. The van der Waals surface area contributed by atoms with E-state index in [1.165, 1.54) is 6.07 Å². The van der Waals surface area contributed by atoms with E-state index in [9.17, 15) is 14.0 Å². The van der Waals surface area contributed by atoms with Gasteiger partial charge in [0.2, 0.25) is 5.91 Å². The maximum atomic E-state index is 14.2. The van der Waals surface area contributed by atoms with Crippen LogP contribution in [0.5, 0.6) is 0 Å². The summed E-state index contributed by atoms with van der Waals surface area (Å²) in [5, 5.41) is 3.83. The molecule has 4 aromatic rings. The van der Waals surface area contributed by atoms with E-state index in [1.54, 1.807) is 43.2 Å². The van der Waals surface area contributed by atoms with Crippen molar-refractivity contribution < 1.29 is 18.7 Å². The monoisotopic (exact) mass is 471 g/mol. The molecule has 1 aromatic heterocycles. The normalized spacial score (nSPS) is 17.5. The van der Waals surface area contributed by atoms with Gasteiger partial charge in [0, 0.05) is 47.6 Å². The van der Waals surface area contributed by atoms with Gasteiger partial charge in [-0.1, -0.05) is 42.5 Å². The number of methoxy groups -OCH3 is 1. The first-order chi connectivity index (χ1) is 17.0. The molecule has 3 aromatic carbocycles. The Morgan fingerprint density at radius 3 is 2.66 bits per heavy atom. The standard InChI is InChI=1S/C28H26FN3O3/c1-17-11-12-18(15-23(17)29)31-27(33)25-20-8-3-4-9-21(20)28(34)32(13-14-35-2)26(25)22-16-30-24-10-6-5-7-19(22)24/h3-12,15-16,25-26,30H,13-14H2,1-2H3,(H,31,33)/t25-,26+/m1/s1. The summed E-state index contributed by atoms with van der Waals surface area (Å²) in [6.45, 7) is 2.31. The lowest BCUT2D eigenvalue weighted by molar-refractivity contribution is -0.119. The number of amides is 2. The number of carbonyl (C=O) groups is 2. The van der Waals surface area contributed by atoms with Crippen LogP contribution < -0.4 is 5.32 Å². The summed E-state index contributed by atoms with van der Waals surface area (Å²) in [6, 6.07) is 19.0. The maximum absolute atomic E-state index is 14.2. The smallest absolute Gasteiger partial charge is 0.254 e. The third kappa shape index (κ3) is 4.08. The fourth-order valence-corrected chi connectivity index (χ4v) is 4.89. The van der Waals surface area contributed by atoms with Crippen LogP contribution in [-0.4, -0.2) is 42.0 Å². The van der Waals surface area contributed by atoms with E-state index in [4.69, 9.17) is 4.74 Å². The number of aromatic amines is 1. The largest absolute Gasteiger partial charge is 0.383 e. The first kappa shape index (κ1) is 22.8. The predicted octanol–water partition coefficient (Wildman–Crippen LogP) is 5.18. The van der Waals surface area contributed by atoms with Gasteiger partial charge in [0.1, 0.15) is 5.82 Å². The number of aromatic nitrogens is 1. The van der Waals surface area contributed by atoms with Crippen molar-refractivity contribution >= 4 is 28.4 Å². The van der Waals surface area contributed by atoms with Crippen LogP contribution in [0, 0.1) is 12.7 Å². The van der Waals surface area contributed by atoms with Crippen LogP contribution in [0.15, 0.2) is 72.9 Å². The fraction of sp³-hybridized carbons (Fsp3) is 0.214. The van der Waals surface area contributed by atoms with Crippen molar-refractivity contribution in [3.05, 3.63) is 101 Å². The molecule has 2 N–H and O–H groups in total. The highest BCUT2D eigenvalue weighted by molar-refractivity contribution is 6.05. The summed E-state index contributed by atoms with van der Waals surface area (Å²) < 4.78 is 19.5. The fourth-order valence-electron chi connectivity index (χ4n) is 4.89. The molecule has 0 radical (unpaired) electrons. The van der Waals surface area contributed by atoms with Gasteiger partial charge in [0.25, 0.3) is 5.91 Å². The van der Waals surface area contributed by atoms with E-state index in [-0.39, 0.29) is 11.8 Å². The Bertz CT molecular complexity index is 1410. The minimum absolute atomic E-state index is 0.154. The lowest BCUT2D eigenvalue weighted by Gasteiger charge is -2.41. The molecule has 5 rings (SSSR count). The van der Waals surface area contributed by atoms with Crippen molar-refractivity contribution in [2.24, 2.45) is 0 Å². The second-order valence-electron chi connectivity index (χ2n) is 8.74. The highest BCUT2D eigenvalue weighted by Gasteiger charge is 2.44. The molecule has 0 bridgehead atoms. The van der Waals surface area contributed by atoms with Gasteiger partial charge in [0.05, 0.1) is 18.6 Å². The number of para-hydroxylation sites is 1. The molecule has 0 saturated carbocycles. The Kier molecular flexibility index (Phi) is 6.09. The van der Waals surface area contributed by atoms with Gasteiger partial charge in [-0.3, -0.25) is 9.59 Å². The van der Waals surface area contributed by atoms with Gasteiger partial charge >= 0.3 is 0 Å². The van der Waals surface area contributed by atoms with Gasteiger partial charge < -0.3 is 19.9 Å². The lowest BCUT2D eigenvalue weighted by Crippen LogP contribution is -2.47. The molecule has 1 aliphatic rings. The van der Waals surface area contributed by atoms with Gasteiger partial charge in [-0.2, -0.15) is 0 Å². The molecule has 0 saturated heterocycles. The number of benzene rings is 3. The van der Waals surface area contributed by atoms with E-state index in [1.807, 2.05) is 42.6 Å². The Balaban J connectivity index is 1.66. The van der Waals surface area contributed by atoms with E-state index in [0.29, 0.717) is 35.5 Å². The number of anilines is 1. The average Bonchev–Trinajstić information content (AvgIpc) is 3.29. The van der Waals surface area contributed by atoms with E-state index >= 15 is 0 Å². The number of nitrogens with zero attached hydrogens (tertiary/aromatic N) is 1. The molecular weight excluding hydrogens is 445 g/mol. The Morgan fingerprint density at radius 2 is 1.86 bits per heavy atom. The van der Waals surface area contributed by atoms with Crippen molar-refractivity contribution in [2.75, 3.05) is 25.6 Å². The zero-order valence-electron chi connectivity index (χ0n) is 19.5. The van der Waals surface area contributed by atoms with Crippen LogP contribution in [0.1, 0.15) is 39.0 Å². The second kappa shape index (κ2) is 9.35. The van der Waals surface area contributed by atoms with Gasteiger partial charge in [-0.05, 0) is 42.3 Å². The van der Waals surface area contributed by atoms with Crippen LogP contribution in [-0.2, 0) is 9.53 Å². The molecule has 6 nitrogen and oxygen atoms in total. The Morgan fingerprint density at radius 1 is 1.09 bits per heavy atom. The molecule has 0 aliphatic carbocycles. The summed E-state index contributed by atoms with van der Waals surface area (Å²) in [4.78, 5) is 32.5. The molecule has 2 atom stereocenters. The minimum atomic E-state index is -0.718. The maximum Gasteiger partial charge on any atom is 0.254 e. The first-order valence-corrected chi connectivity index (χ1v) is 11.5. The number of halogens is 1. The van der Waals surface area contributed by atoms with Crippen LogP contribution in [0.3, 0.4) is 0 Å². The Labute approximate surface area is 202 Å². The minimum Gasteiger partial charge on any atom is -0.383 e. The molecular formula is C28H26FN3O3. The third-order valence-electron chi connectivity index (χ3n) is 6.64. The van der Waals surface area contributed by atoms with Crippen molar-refractivity contribution in [1.82, 2.24) is 9.88 Å². The molecule has 178 valence electrons.